The van der Waals surface area contributed by atoms with Crippen molar-refractivity contribution in [2.45, 2.75) is 102 Å². The molecule has 2 aromatic rings. The van der Waals surface area contributed by atoms with Crippen LogP contribution in [0, 0.1) is 11.8 Å². The minimum Gasteiger partial charge on any atom is -0.489 e. The highest BCUT2D eigenvalue weighted by Crippen LogP contribution is 2.40. The number of carbonyl (C=O) groups excluding carboxylic acids is 3. The van der Waals surface area contributed by atoms with Crippen molar-refractivity contribution in [1.29, 1.82) is 0 Å². The third kappa shape index (κ3) is 8.57. The van der Waals surface area contributed by atoms with E-state index in [4.69, 9.17) is 4.74 Å². The lowest BCUT2D eigenvalue weighted by molar-refractivity contribution is -0.136. The van der Waals surface area contributed by atoms with Crippen LogP contribution in [-0.4, -0.2) is 76.8 Å². The first-order chi connectivity index (χ1) is 23.0. The second kappa shape index (κ2) is 14.3. The monoisotopic (exact) mass is 674 g/mol. The summed E-state index contributed by atoms with van der Waals surface area (Å²) in [5.74, 6) is -2.97. The van der Waals surface area contributed by atoms with Gasteiger partial charge in [0.2, 0.25) is 17.7 Å². The van der Waals surface area contributed by atoms with Gasteiger partial charge in [-0.05, 0) is 86.6 Å². The van der Waals surface area contributed by atoms with Crippen LogP contribution >= 0.6 is 0 Å². The summed E-state index contributed by atoms with van der Waals surface area (Å²) in [6.45, 7) is -0.408. The summed E-state index contributed by atoms with van der Waals surface area (Å²) in [6, 6.07) is 8.69. The quantitative estimate of drug-likeness (QED) is 0.265. The molecule has 6 rings (SSSR count). The number of halogens is 4. The van der Waals surface area contributed by atoms with Crippen LogP contribution in [-0.2, 0) is 16.1 Å². The van der Waals surface area contributed by atoms with Crippen LogP contribution in [0.1, 0.15) is 92.4 Å². The van der Waals surface area contributed by atoms with Crippen molar-refractivity contribution in [2.75, 3.05) is 19.7 Å². The van der Waals surface area contributed by atoms with E-state index >= 15 is 0 Å². The van der Waals surface area contributed by atoms with Crippen LogP contribution in [0.15, 0.2) is 36.4 Å². The molecule has 1 aliphatic heterocycles. The molecule has 0 spiro atoms. The number of ether oxygens (including phenoxy) is 2. The standard InChI is InChI=1S/C35H42F4N4O5/c1-21(44)42-19-25(24-9-10-30(48-34(36)37)31(16-24)47-20-23-7-8-23)15-29(42)32(45)40-17-26-3-2-4-28(41-26)33(46)43(18-22-5-6-22)27-11-13-35(38,39)14-12-27/h2-4,9-10,16,22-23,25,27,29,34H,5-8,11-15,17-20H2,1H3,(H,40,45)/t25?,29-/m1/s1. The zero-order chi connectivity index (χ0) is 34.0. The summed E-state index contributed by atoms with van der Waals surface area (Å²) >= 11 is 0. The van der Waals surface area contributed by atoms with Crippen molar-refractivity contribution in [3.8, 4) is 11.5 Å². The van der Waals surface area contributed by atoms with E-state index in [1.54, 1.807) is 35.2 Å². The highest BCUT2D eigenvalue weighted by Gasteiger charge is 2.41. The van der Waals surface area contributed by atoms with Crippen LogP contribution in [0.4, 0.5) is 17.6 Å². The summed E-state index contributed by atoms with van der Waals surface area (Å²) in [7, 11) is 0. The lowest BCUT2D eigenvalue weighted by Crippen LogP contribution is -2.45. The Morgan fingerprint density at radius 3 is 2.42 bits per heavy atom. The second-order valence-electron chi connectivity index (χ2n) is 13.7. The first-order valence-corrected chi connectivity index (χ1v) is 16.9. The van der Waals surface area contributed by atoms with Gasteiger partial charge in [-0.25, -0.2) is 13.8 Å². The molecule has 48 heavy (non-hydrogen) atoms. The lowest BCUT2D eigenvalue weighted by atomic mass is 9.90. The molecular weight excluding hydrogens is 632 g/mol. The van der Waals surface area contributed by atoms with Crippen LogP contribution in [0.3, 0.4) is 0 Å². The maximum atomic E-state index is 13.8. The maximum absolute atomic E-state index is 13.8. The van der Waals surface area contributed by atoms with Crippen LogP contribution < -0.4 is 14.8 Å². The third-order valence-electron chi connectivity index (χ3n) is 9.84. The van der Waals surface area contributed by atoms with E-state index in [1.165, 1.54) is 17.9 Å². The van der Waals surface area contributed by atoms with Gasteiger partial charge in [-0.3, -0.25) is 14.4 Å². The third-order valence-corrected chi connectivity index (χ3v) is 9.84. The summed E-state index contributed by atoms with van der Waals surface area (Å²) in [5.41, 5.74) is 1.39. The Morgan fingerprint density at radius 2 is 1.75 bits per heavy atom. The molecule has 0 bridgehead atoms. The van der Waals surface area contributed by atoms with Crippen LogP contribution in [0.25, 0.3) is 0 Å². The highest BCUT2D eigenvalue weighted by molar-refractivity contribution is 5.92. The van der Waals surface area contributed by atoms with Crippen molar-refractivity contribution >= 4 is 17.7 Å². The highest BCUT2D eigenvalue weighted by atomic mass is 19.3. The predicted molar refractivity (Wildman–Crippen MR) is 167 cm³/mol. The van der Waals surface area contributed by atoms with E-state index < -0.39 is 18.6 Å². The van der Waals surface area contributed by atoms with Crippen molar-refractivity contribution in [1.82, 2.24) is 20.1 Å². The van der Waals surface area contributed by atoms with E-state index in [0.717, 1.165) is 31.2 Å². The van der Waals surface area contributed by atoms with E-state index in [-0.39, 0.29) is 85.6 Å². The zero-order valence-electron chi connectivity index (χ0n) is 27.0. The number of benzene rings is 1. The Morgan fingerprint density at radius 1 is 1.02 bits per heavy atom. The first-order valence-electron chi connectivity index (χ1n) is 16.9. The molecule has 4 fully saturated rings. The maximum Gasteiger partial charge on any atom is 0.387 e. The fourth-order valence-corrected chi connectivity index (χ4v) is 6.70. The van der Waals surface area contributed by atoms with Gasteiger partial charge in [0.15, 0.2) is 11.5 Å². The van der Waals surface area contributed by atoms with E-state index in [2.05, 4.69) is 15.0 Å². The Bertz CT molecular complexity index is 1490. The van der Waals surface area contributed by atoms with Crippen molar-refractivity contribution in [3.05, 3.63) is 53.3 Å². The molecule has 2 atom stereocenters. The molecule has 1 saturated heterocycles. The van der Waals surface area contributed by atoms with Crippen molar-refractivity contribution in [3.63, 3.8) is 0 Å². The lowest BCUT2D eigenvalue weighted by Gasteiger charge is -2.37. The molecule has 1 unspecified atom stereocenters. The van der Waals surface area contributed by atoms with E-state index in [0.29, 0.717) is 37.1 Å². The summed E-state index contributed by atoms with van der Waals surface area (Å²) in [6.07, 6.45) is 4.41. The van der Waals surface area contributed by atoms with Gasteiger partial charge in [-0.2, -0.15) is 8.78 Å². The van der Waals surface area contributed by atoms with Gasteiger partial charge < -0.3 is 24.6 Å². The smallest absolute Gasteiger partial charge is 0.387 e. The second-order valence-corrected chi connectivity index (χ2v) is 13.7. The van der Waals surface area contributed by atoms with E-state index in [9.17, 15) is 31.9 Å². The Balaban J connectivity index is 1.10. The average molecular weight is 675 g/mol. The molecular formula is C35H42F4N4O5. The molecule has 9 nitrogen and oxygen atoms in total. The van der Waals surface area contributed by atoms with Gasteiger partial charge in [0.1, 0.15) is 11.7 Å². The van der Waals surface area contributed by atoms with Crippen molar-refractivity contribution < 1.29 is 41.4 Å². The molecule has 3 aliphatic carbocycles. The van der Waals surface area contributed by atoms with Gasteiger partial charge in [0.25, 0.3) is 5.91 Å². The number of rotatable bonds is 13. The number of pyridine rings is 1. The minimum atomic E-state index is -3.00. The number of hydrogen-bond donors (Lipinski definition) is 1. The Kier molecular flexibility index (Phi) is 10.1. The van der Waals surface area contributed by atoms with Gasteiger partial charge in [-0.15, -0.1) is 0 Å². The van der Waals surface area contributed by atoms with Crippen LogP contribution in [0.2, 0.25) is 0 Å². The van der Waals surface area contributed by atoms with Gasteiger partial charge >= 0.3 is 6.61 Å². The number of likely N-dealkylation sites (tertiary alicyclic amines) is 1. The van der Waals surface area contributed by atoms with Gasteiger partial charge in [0.05, 0.1) is 18.8 Å². The molecule has 4 aliphatic rings. The zero-order valence-corrected chi connectivity index (χ0v) is 27.0. The number of carbonyl (C=O) groups is 3. The number of nitrogens with zero attached hydrogens (tertiary/aromatic N) is 3. The Labute approximate surface area is 277 Å². The van der Waals surface area contributed by atoms with Gasteiger partial charge in [0, 0.05) is 44.8 Å². The molecule has 1 N–H and O–H groups in total. The SMILES string of the molecule is CC(=O)N1CC(c2ccc(OC(F)F)c(OCC3CC3)c2)C[C@@H]1C(=O)NCc1cccc(C(=O)N(CC2CC2)C2CCC(F)(F)CC2)n1. The normalized spacial score (nSPS) is 22.4. The topological polar surface area (TPSA) is 101 Å². The predicted octanol–water partition coefficient (Wildman–Crippen LogP) is 5.92. The first kappa shape index (κ1) is 34.0. The molecule has 1 aromatic heterocycles. The molecule has 3 amide bonds. The number of aromatic nitrogens is 1. The Hall–Kier alpha value is -3.90. The molecule has 260 valence electrons. The average Bonchev–Trinajstić information content (AvgIpc) is 4.00. The van der Waals surface area contributed by atoms with Crippen molar-refractivity contribution in [2.24, 2.45) is 11.8 Å². The summed E-state index contributed by atoms with van der Waals surface area (Å²) < 4.78 is 64.2. The number of amides is 3. The molecule has 1 aromatic carbocycles. The molecule has 3 saturated carbocycles. The number of hydrogen-bond acceptors (Lipinski definition) is 6. The number of nitrogens with one attached hydrogen (secondary N) is 1. The molecule has 2 heterocycles. The fourth-order valence-electron chi connectivity index (χ4n) is 6.70. The summed E-state index contributed by atoms with van der Waals surface area (Å²) in [4.78, 5) is 47.4. The minimum absolute atomic E-state index is 0.0178. The van der Waals surface area contributed by atoms with Crippen LogP contribution in [0.5, 0.6) is 11.5 Å². The van der Waals surface area contributed by atoms with E-state index in [1.807, 2.05) is 0 Å². The fraction of sp³-hybridized carbons (Fsp3) is 0.600. The molecule has 13 heteroatoms. The number of alkyl halides is 4. The molecule has 0 radical (unpaired) electrons. The largest absolute Gasteiger partial charge is 0.489 e. The summed E-state index contributed by atoms with van der Waals surface area (Å²) in [5, 5.41) is 2.86. The van der Waals surface area contributed by atoms with Gasteiger partial charge in [-0.1, -0.05) is 12.1 Å².